The topological polar surface area (TPSA) is 49.5 Å². The van der Waals surface area contributed by atoms with Gasteiger partial charge in [-0.2, -0.15) is 0 Å². The van der Waals surface area contributed by atoms with E-state index in [-0.39, 0.29) is 5.75 Å². The van der Waals surface area contributed by atoms with Crippen LogP contribution in [0.1, 0.15) is 31.2 Å². The summed E-state index contributed by atoms with van der Waals surface area (Å²) in [7, 11) is 3.97. The Bertz CT molecular complexity index is 851. The predicted octanol–water partition coefficient (Wildman–Crippen LogP) is 5.12. The second kappa shape index (κ2) is 8.19. The maximum atomic E-state index is 9.84. The molecule has 26 heavy (non-hydrogen) atoms. The minimum Gasteiger partial charge on any atom is -0.508 e. The number of aryl methyl sites for hydroxylation is 1. The Labute approximate surface area is 155 Å². The van der Waals surface area contributed by atoms with E-state index in [1.807, 2.05) is 31.1 Å². The maximum Gasteiger partial charge on any atom is 0.209 e. The Morgan fingerprint density at radius 2 is 1.81 bits per heavy atom. The summed E-state index contributed by atoms with van der Waals surface area (Å²) in [6.07, 6.45) is 3.49. The van der Waals surface area contributed by atoms with Gasteiger partial charge in [0.25, 0.3) is 0 Å². The number of hydrogen-bond donors (Lipinski definition) is 1. The third kappa shape index (κ3) is 4.33. The summed E-state index contributed by atoms with van der Waals surface area (Å²) >= 11 is 0. The van der Waals surface area contributed by atoms with Gasteiger partial charge in [-0.3, -0.25) is 0 Å². The van der Waals surface area contributed by atoms with Gasteiger partial charge in [-0.15, -0.1) is 0 Å². The largest absolute Gasteiger partial charge is 0.508 e. The van der Waals surface area contributed by atoms with Crippen molar-refractivity contribution in [3.05, 3.63) is 60.0 Å². The molecule has 0 saturated carbocycles. The van der Waals surface area contributed by atoms with E-state index in [0.717, 1.165) is 29.0 Å². The van der Waals surface area contributed by atoms with Gasteiger partial charge in [-0.1, -0.05) is 49.7 Å². The number of oxazole rings is 1. The lowest BCUT2D eigenvalue weighted by atomic mass is 10.0. The molecule has 0 unspecified atom stereocenters. The first-order valence-electron chi connectivity index (χ1n) is 9.10. The van der Waals surface area contributed by atoms with Gasteiger partial charge >= 0.3 is 0 Å². The number of rotatable bonds is 7. The zero-order chi connectivity index (χ0) is 18.5. The maximum absolute atomic E-state index is 9.84. The zero-order valence-corrected chi connectivity index (χ0v) is 15.7. The molecule has 0 aliphatic carbocycles. The summed E-state index contributed by atoms with van der Waals surface area (Å²) in [6, 6.07) is 15.6. The molecule has 1 aromatic heterocycles. The monoisotopic (exact) mass is 350 g/mol. The standard InChI is InChI=1S/C22H26N2O2/c1-4-5-7-16-10-12-17(13-11-16)22-21(18-8-6-9-19(25)14-18)23-20(26-22)15-24(2)3/h6,8-14,25H,4-5,7,15H2,1-3H3. The van der Waals surface area contributed by atoms with E-state index in [2.05, 4.69) is 31.2 Å². The molecular weight excluding hydrogens is 324 g/mol. The Morgan fingerprint density at radius 1 is 1.04 bits per heavy atom. The Hall–Kier alpha value is -2.59. The Morgan fingerprint density at radius 3 is 2.46 bits per heavy atom. The van der Waals surface area contributed by atoms with Crippen molar-refractivity contribution in [3.63, 3.8) is 0 Å². The first kappa shape index (κ1) is 18.2. The highest BCUT2D eigenvalue weighted by atomic mass is 16.4. The summed E-state index contributed by atoms with van der Waals surface area (Å²) in [4.78, 5) is 6.71. The van der Waals surface area contributed by atoms with E-state index < -0.39 is 0 Å². The van der Waals surface area contributed by atoms with E-state index in [1.165, 1.54) is 18.4 Å². The molecule has 1 heterocycles. The molecule has 1 N–H and O–H groups in total. The molecule has 0 aliphatic heterocycles. The van der Waals surface area contributed by atoms with Gasteiger partial charge < -0.3 is 14.4 Å². The van der Waals surface area contributed by atoms with Gasteiger partial charge in [0.2, 0.25) is 5.89 Å². The molecule has 0 spiro atoms. The Balaban J connectivity index is 2.00. The summed E-state index contributed by atoms with van der Waals surface area (Å²) in [5.74, 6) is 1.63. The van der Waals surface area contributed by atoms with Crippen LogP contribution in [-0.2, 0) is 13.0 Å². The number of phenolic OH excluding ortho intramolecular Hbond substituents is 1. The van der Waals surface area contributed by atoms with Crippen LogP contribution in [0.4, 0.5) is 0 Å². The van der Waals surface area contributed by atoms with Gasteiger partial charge in [0.15, 0.2) is 5.76 Å². The van der Waals surface area contributed by atoms with E-state index in [1.54, 1.807) is 12.1 Å². The number of aromatic hydroxyl groups is 1. The van der Waals surface area contributed by atoms with E-state index >= 15 is 0 Å². The number of benzene rings is 2. The van der Waals surface area contributed by atoms with Gasteiger partial charge in [0, 0.05) is 11.1 Å². The van der Waals surface area contributed by atoms with Crippen molar-refractivity contribution < 1.29 is 9.52 Å². The van der Waals surface area contributed by atoms with Crippen LogP contribution in [-0.4, -0.2) is 29.1 Å². The number of nitrogens with zero attached hydrogens (tertiary/aromatic N) is 2. The van der Waals surface area contributed by atoms with Crippen LogP contribution >= 0.6 is 0 Å². The zero-order valence-electron chi connectivity index (χ0n) is 15.7. The quantitative estimate of drug-likeness (QED) is 0.642. The number of phenols is 1. The molecule has 4 nitrogen and oxygen atoms in total. The molecule has 3 aromatic rings. The molecule has 136 valence electrons. The lowest BCUT2D eigenvalue weighted by Gasteiger charge is -2.05. The van der Waals surface area contributed by atoms with Gasteiger partial charge in [-0.25, -0.2) is 4.98 Å². The highest BCUT2D eigenvalue weighted by molar-refractivity contribution is 5.77. The summed E-state index contributed by atoms with van der Waals surface area (Å²) in [6.45, 7) is 2.83. The van der Waals surface area contributed by atoms with Crippen LogP contribution in [0.3, 0.4) is 0 Å². The van der Waals surface area contributed by atoms with Crippen LogP contribution in [0.25, 0.3) is 22.6 Å². The molecule has 0 saturated heterocycles. The summed E-state index contributed by atoms with van der Waals surface area (Å²) < 4.78 is 6.09. The molecule has 0 radical (unpaired) electrons. The number of unbranched alkanes of at least 4 members (excludes halogenated alkanes) is 1. The van der Waals surface area contributed by atoms with Crippen molar-refractivity contribution in [2.45, 2.75) is 32.7 Å². The fraction of sp³-hybridized carbons (Fsp3) is 0.318. The van der Waals surface area contributed by atoms with Crippen molar-refractivity contribution in [2.75, 3.05) is 14.1 Å². The molecule has 4 heteroatoms. The van der Waals surface area contributed by atoms with Gasteiger partial charge in [-0.05, 0) is 44.6 Å². The highest BCUT2D eigenvalue weighted by Gasteiger charge is 2.17. The Kier molecular flexibility index (Phi) is 5.74. The minimum atomic E-state index is 0.223. The lowest BCUT2D eigenvalue weighted by Crippen LogP contribution is -2.10. The normalized spacial score (nSPS) is 11.2. The van der Waals surface area contributed by atoms with Crippen LogP contribution in [0.15, 0.2) is 52.9 Å². The van der Waals surface area contributed by atoms with E-state index in [9.17, 15) is 5.11 Å². The smallest absolute Gasteiger partial charge is 0.209 e. The number of hydrogen-bond acceptors (Lipinski definition) is 4. The molecule has 0 fully saturated rings. The molecule has 3 rings (SSSR count). The molecule has 2 aromatic carbocycles. The van der Waals surface area contributed by atoms with E-state index in [4.69, 9.17) is 9.40 Å². The van der Waals surface area contributed by atoms with E-state index in [0.29, 0.717) is 12.4 Å². The van der Waals surface area contributed by atoms with Crippen molar-refractivity contribution >= 4 is 0 Å². The van der Waals surface area contributed by atoms with Crippen LogP contribution in [0.5, 0.6) is 5.75 Å². The molecule has 0 bridgehead atoms. The van der Waals surface area contributed by atoms with Crippen molar-refractivity contribution in [1.29, 1.82) is 0 Å². The highest BCUT2D eigenvalue weighted by Crippen LogP contribution is 2.34. The molecule has 0 amide bonds. The first-order chi connectivity index (χ1) is 12.6. The van der Waals surface area contributed by atoms with Crippen LogP contribution < -0.4 is 0 Å². The molecule has 0 aliphatic rings. The average Bonchev–Trinajstić information content (AvgIpc) is 3.03. The van der Waals surface area contributed by atoms with Gasteiger partial charge in [0.05, 0.1) is 6.54 Å². The third-order valence-electron chi connectivity index (χ3n) is 4.28. The summed E-state index contributed by atoms with van der Waals surface area (Å²) in [5, 5.41) is 9.84. The fourth-order valence-electron chi connectivity index (χ4n) is 2.95. The molecular formula is C22H26N2O2. The van der Waals surface area contributed by atoms with Crippen molar-refractivity contribution in [3.8, 4) is 28.3 Å². The predicted molar refractivity (Wildman–Crippen MR) is 105 cm³/mol. The second-order valence-electron chi connectivity index (χ2n) is 6.87. The average molecular weight is 350 g/mol. The number of aromatic nitrogens is 1. The minimum absolute atomic E-state index is 0.223. The van der Waals surface area contributed by atoms with Crippen LogP contribution in [0.2, 0.25) is 0 Å². The summed E-state index contributed by atoms with van der Waals surface area (Å²) in [5.41, 5.74) is 3.95. The third-order valence-corrected chi connectivity index (χ3v) is 4.28. The first-order valence-corrected chi connectivity index (χ1v) is 9.10. The van der Waals surface area contributed by atoms with Crippen molar-refractivity contribution in [2.24, 2.45) is 0 Å². The second-order valence-corrected chi connectivity index (χ2v) is 6.87. The van der Waals surface area contributed by atoms with Gasteiger partial charge in [0.1, 0.15) is 11.4 Å². The van der Waals surface area contributed by atoms with Crippen molar-refractivity contribution in [1.82, 2.24) is 9.88 Å². The SMILES string of the molecule is CCCCc1ccc(-c2oc(CN(C)C)nc2-c2cccc(O)c2)cc1. The van der Waals surface area contributed by atoms with Crippen LogP contribution in [0, 0.1) is 0 Å². The lowest BCUT2D eigenvalue weighted by molar-refractivity contribution is 0.344. The molecule has 0 atom stereocenters. The fourth-order valence-corrected chi connectivity index (χ4v) is 2.95.